The Balaban J connectivity index is 2.18. The second-order valence-corrected chi connectivity index (χ2v) is 7.76. The van der Waals surface area contributed by atoms with E-state index in [1.807, 2.05) is 26.8 Å². The lowest BCUT2D eigenvalue weighted by molar-refractivity contribution is 0.0523. The van der Waals surface area contributed by atoms with Crippen molar-refractivity contribution in [1.29, 1.82) is 0 Å². The normalized spacial score (nSPS) is 12.0. The Hall–Kier alpha value is -4.14. The summed E-state index contributed by atoms with van der Waals surface area (Å²) < 4.78 is 8.29. The average Bonchev–Trinajstić information content (AvgIpc) is 2.80. The molecule has 0 atom stereocenters. The van der Waals surface area contributed by atoms with Gasteiger partial charge < -0.3 is 9.30 Å². The van der Waals surface area contributed by atoms with Crippen LogP contribution >= 0.6 is 0 Å². The highest BCUT2D eigenvalue weighted by Gasteiger charge is 2.21. The van der Waals surface area contributed by atoms with Crippen LogP contribution in [0.3, 0.4) is 0 Å². The minimum absolute atomic E-state index is 0.0155. The minimum Gasteiger partial charge on any atom is -0.462 e. The van der Waals surface area contributed by atoms with Crippen molar-refractivity contribution in [3.05, 3.63) is 81.5 Å². The predicted octanol–water partition coefficient (Wildman–Crippen LogP) is 2.85. The Labute approximate surface area is 189 Å². The third-order valence-corrected chi connectivity index (χ3v) is 5.18. The van der Waals surface area contributed by atoms with E-state index in [4.69, 9.17) is 9.72 Å². The molecule has 0 saturated heterocycles. The first kappa shape index (κ1) is 22.1. The number of pyridine rings is 3. The lowest BCUT2D eigenvalue weighted by Crippen LogP contribution is -2.33. The molecule has 0 saturated carbocycles. The first-order chi connectivity index (χ1) is 15.8. The fourth-order valence-electron chi connectivity index (χ4n) is 3.66. The largest absolute Gasteiger partial charge is 0.462 e. The van der Waals surface area contributed by atoms with Gasteiger partial charge in [0.05, 0.1) is 17.6 Å². The molecule has 0 aliphatic carbocycles. The number of fused-ring (bicyclic) bond motifs is 2. The molecule has 4 aromatic heterocycles. The Bertz CT molecular complexity index is 1520. The van der Waals surface area contributed by atoms with E-state index in [0.717, 1.165) is 5.56 Å². The molecule has 0 radical (unpaired) electrons. The molecule has 4 rings (SSSR count). The number of hydrogen-bond donors (Lipinski definition) is 0. The number of ether oxygens (including phenoxy) is 1. The molecule has 0 aromatic carbocycles. The monoisotopic (exact) mass is 445 g/mol. The molecular weight excluding hydrogens is 422 g/mol. The molecule has 1 amide bonds. The van der Waals surface area contributed by atoms with Gasteiger partial charge in [-0.1, -0.05) is 6.07 Å². The molecule has 0 aliphatic heterocycles. The first-order valence-corrected chi connectivity index (χ1v) is 10.6. The standard InChI is InChI=1S/C24H23N5O4/c1-5-33-24(32)18-12-17-20(26-19-15(4)8-7-11-28(19)23(17)31)29(14(2)3)21(18)27-22(30)16-9-6-10-25-13-16/h6-14H,5H2,1-4H3. The number of nitrogens with zero attached hydrogens (tertiary/aromatic N) is 5. The fraction of sp³-hybridized carbons (Fsp3) is 0.250. The molecule has 0 unspecified atom stereocenters. The van der Waals surface area contributed by atoms with Gasteiger partial charge in [0.1, 0.15) is 16.9 Å². The molecular formula is C24H23N5O4. The smallest absolute Gasteiger partial charge is 0.341 e. The highest BCUT2D eigenvalue weighted by Crippen LogP contribution is 2.17. The first-order valence-electron chi connectivity index (χ1n) is 10.6. The SMILES string of the molecule is CCOC(=O)c1cc2c(=O)n3cccc(C)c3nc2n(C(C)C)c1=NC(=O)c1cccnc1. The summed E-state index contributed by atoms with van der Waals surface area (Å²) in [5.41, 5.74) is 1.66. The third kappa shape index (κ3) is 3.93. The number of hydrogen-bond acceptors (Lipinski definition) is 6. The van der Waals surface area contributed by atoms with Crippen LogP contribution in [-0.2, 0) is 4.74 Å². The maximum atomic E-state index is 13.4. The van der Waals surface area contributed by atoms with Gasteiger partial charge >= 0.3 is 5.97 Å². The zero-order valence-corrected chi connectivity index (χ0v) is 18.8. The number of esters is 1. The Morgan fingerprint density at radius 1 is 1.18 bits per heavy atom. The number of carbonyl (C=O) groups excluding carboxylic acids is 2. The molecule has 0 aliphatic rings. The summed E-state index contributed by atoms with van der Waals surface area (Å²) in [6.07, 6.45) is 4.58. The zero-order chi connectivity index (χ0) is 23.7. The van der Waals surface area contributed by atoms with E-state index in [0.29, 0.717) is 11.3 Å². The van der Waals surface area contributed by atoms with E-state index in [9.17, 15) is 14.4 Å². The molecule has 168 valence electrons. The number of rotatable bonds is 4. The summed E-state index contributed by atoms with van der Waals surface area (Å²) in [6.45, 7) is 7.40. The second-order valence-electron chi connectivity index (χ2n) is 7.76. The van der Waals surface area contributed by atoms with Crippen molar-refractivity contribution in [2.45, 2.75) is 33.7 Å². The molecule has 4 heterocycles. The van der Waals surface area contributed by atoms with Crippen LogP contribution in [0.4, 0.5) is 0 Å². The average molecular weight is 445 g/mol. The van der Waals surface area contributed by atoms with Crippen LogP contribution in [0.5, 0.6) is 0 Å². The van der Waals surface area contributed by atoms with E-state index >= 15 is 0 Å². The van der Waals surface area contributed by atoms with Gasteiger partial charge in [-0.05, 0) is 57.5 Å². The number of amides is 1. The topological polar surface area (TPSA) is 108 Å². The molecule has 4 aromatic rings. The quantitative estimate of drug-likeness (QED) is 0.353. The lowest BCUT2D eigenvalue weighted by Gasteiger charge is -2.18. The van der Waals surface area contributed by atoms with Crippen LogP contribution in [0.1, 0.15) is 53.1 Å². The van der Waals surface area contributed by atoms with Crippen LogP contribution in [0.2, 0.25) is 0 Å². The summed E-state index contributed by atoms with van der Waals surface area (Å²) in [6, 6.07) is 7.97. The Morgan fingerprint density at radius 2 is 1.97 bits per heavy atom. The molecule has 0 N–H and O–H groups in total. The van der Waals surface area contributed by atoms with Gasteiger partial charge in [0.15, 0.2) is 5.49 Å². The summed E-state index contributed by atoms with van der Waals surface area (Å²) in [5.74, 6) is -1.25. The minimum atomic E-state index is -0.680. The van der Waals surface area contributed by atoms with Crippen LogP contribution in [0, 0.1) is 6.92 Å². The van der Waals surface area contributed by atoms with Crippen LogP contribution in [0.15, 0.2) is 58.7 Å². The zero-order valence-electron chi connectivity index (χ0n) is 18.8. The lowest BCUT2D eigenvalue weighted by atomic mass is 10.1. The molecule has 0 spiro atoms. The maximum Gasteiger partial charge on any atom is 0.341 e. The van der Waals surface area contributed by atoms with Gasteiger partial charge in [0, 0.05) is 24.6 Å². The molecule has 33 heavy (non-hydrogen) atoms. The highest BCUT2D eigenvalue weighted by atomic mass is 16.5. The highest BCUT2D eigenvalue weighted by molar-refractivity contribution is 5.97. The molecule has 9 nitrogen and oxygen atoms in total. The summed E-state index contributed by atoms with van der Waals surface area (Å²) in [7, 11) is 0. The van der Waals surface area contributed by atoms with Gasteiger partial charge in [-0.25, -0.2) is 9.78 Å². The van der Waals surface area contributed by atoms with Gasteiger partial charge in [-0.15, -0.1) is 0 Å². The molecule has 0 fully saturated rings. The Kier molecular flexibility index (Phi) is 5.87. The maximum absolute atomic E-state index is 13.4. The van der Waals surface area contributed by atoms with Gasteiger partial charge in [0.2, 0.25) is 0 Å². The van der Waals surface area contributed by atoms with Crippen molar-refractivity contribution in [2.24, 2.45) is 4.99 Å². The van der Waals surface area contributed by atoms with Crippen LogP contribution in [-0.4, -0.2) is 37.4 Å². The van der Waals surface area contributed by atoms with E-state index in [2.05, 4.69) is 9.98 Å². The number of carbonyl (C=O) groups is 2. The van der Waals surface area contributed by atoms with E-state index in [1.54, 1.807) is 42.1 Å². The van der Waals surface area contributed by atoms with Crippen molar-refractivity contribution in [3.8, 4) is 0 Å². The molecule has 9 heteroatoms. The van der Waals surface area contributed by atoms with Gasteiger partial charge in [-0.2, -0.15) is 4.99 Å². The van der Waals surface area contributed by atoms with Crippen LogP contribution in [0.25, 0.3) is 16.7 Å². The van der Waals surface area contributed by atoms with E-state index < -0.39 is 11.9 Å². The van der Waals surface area contributed by atoms with Crippen molar-refractivity contribution < 1.29 is 14.3 Å². The van der Waals surface area contributed by atoms with Crippen molar-refractivity contribution >= 4 is 28.6 Å². The Morgan fingerprint density at radius 3 is 2.64 bits per heavy atom. The third-order valence-electron chi connectivity index (χ3n) is 5.18. The second kappa shape index (κ2) is 8.78. The fourth-order valence-corrected chi connectivity index (χ4v) is 3.66. The van der Waals surface area contributed by atoms with Crippen molar-refractivity contribution in [1.82, 2.24) is 18.9 Å². The molecule has 0 bridgehead atoms. The summed E-state index contributed by atoms with van der Waals surface area (Å²) in [5, 5.41) is 0.225. The van der Waals surface area contributed by atoms with Crippen molar-refractivity contribution in [2.75, 3.05) is 6.61 Å². The number of aryl methyl sites for hydroxylation is 1. The predicted molar refractivity (Wildman–Crippen MR) is 122 cm³/mol. The van der Waals surface area contributed by atoms with Crippen LogP contribution < -0.4 is 11.0 Å². The number of aromatic nitrogens is 4. The summed E-state index contributed by atoms with van der Waals surface area (Å²) in [4.78, 5) is 52.1. The van der Waals surface area contributed by atoms with Crippen molar-refractivity contribution in [3.63, 3.8) is 0 Å². The summed E-state index contributed by atoms with van der Waals surface area (Å²) >= 11 is 0. The van der Waals surface area contributed by atoms with Gasteiger partial charge in [0.25, 0.3) is 11.5 Å². The van der Waals surface area contributed by atoms with E-state index in [-0.39, 0.29) is 40.2 Å². The van der Waals surface area contributed by atoms with E-state index in [1.165, 1.54) is 16.7 Å². The van der Waals surface area contributed by atoms with Gasteiger partial charge in [-0.3, -0.25) is 19.0 Å².